The van der Waals surface area contributed by atoms with Crippen LogP contribution in [-0.4, -0.2) is 26.9 Å². The number of nitrogens with zero attached hydrogens (tertiary/aromatic N) is 2. The van der Waals surface area contributed by atoms with Crippen molar-refractivity contribution >= 4 is 5.91 Å². The van der Waals surface area contributed by atoms with Crippen molar-refractivity contribution < 1.29 is 14.3 Å². The molecule has 2 aromatic rings. The number of hydrogen-bond donors (Lipinski definition) is 2. The third-order valence-electron chi connectivity index (χ3n) is 4.28. The van der Waals surface area contributed by atoms with E-state index >= 15 is 0 Å². The third kappa shape index (κ3) is 2.78. The van der Waals surface area contributed by atoms with E-state index < -0.39 is 0 Å². The molecule has 1 atom stereocenters. The van der Waals surface area contributed by atoms with Crippen molar-refractivity contribution in [2.45, 2.75) is 38.8 Å². The Morgan fingerprint density at radius 1 is 1.50 bits per heavy atom. The molecule has 0 bridgehead atoms. The second-order valence-corrected chi connectivity index (χ2v) is 6.11. The number of nitrogens with one attached hydrogen (secondary N) is 1. The second kappa shape index (κ2) is 5.61. The predicted molar refractivity (Wildman–Crippen MR) is 80.3 cm³/mol. The Bertz CT molecular complexity index is 683. The molecule has 118 valence electrons. The van der Waals surface area contributed by atoms with Crippen LogP contribution < -0.4 is 5.32 Å². The topological polar surface area (TPSA) is 80.3 Å². The fraction of sp³-hybridized carbons (Fsp3) is 0.500. The van der Waals surface area contributed by atoms with E-state index in [0.29, 0.717) is 24.2 Å². The standard InChI is InChI=1S/C16H21N3O3/c1-9-4-14(10(2)22-9)16(21)18-15(11-5-13(20)6-11)12-7-17-19(3)8-12/h4,7-8,11,13,15,20H,5-6H2,1-3H3,(H,18,21). The van der Waals surface area contributed by atoms with Crippen LogP contribution in [-0.2, 0) is 7.05 Å². The lowest BCUT2D eigenvalue weighted by Crippen LogP contribution is -2.41. The third-order valence-corrected chi connectivity index (χ3v) is 4.28. The Balaban J connectivity index is 1.81. The second-order valence-electron chi connectivity index (χ2n) is 6.11. The van der Waals surface area contributed by atoms with E-state index in [2.05, 4.69) is 10.4 Å². The number of hydrogen-bond acceptors (Lipinski definition) is 4. The molecule has 1 unspecified atom stereocenters. The number of aromatic nitrogens is 2. The Morgan fingerprint density at radius 2 is 2.23 bits per heavy atom. The van der Waals surface area contributed by atoms with Gasteiger partial charge in [-0.1, -0.05) is 0 Å². The number of aliphatic hydroxyl groups excluding tert-OH is 1. The van der Waals surface area contributed by atoms with Gasteiger partial charge in [-0.15, -0.1) is 0 Å². The molecule has 2 heterocycles. The summed E-state index contributed by atoms with van der Waals surface area (Å²) in [4.78, 5) is 12.5. The molecule has 6 nitrogen and oxygen atoms in total. The summed E-state index contributed by atoms with van der Waals surface area (Å²) in [5.41, 5.74) is 1.52. The molecule has 0 spiro atoms. The summed E-state index contributed by atoms with van der Waals surface area (Å²) in [6.07, 6.45) is 4.80. The van der Waals surface area contributed by atoms with E-state index in [1.165, 1.54) is 0 Å². The van der Waals surface area contributed by atoms with Gasteiger partial charge in [0.05, 0.1) is 23.9 Å². The van der Waals surface area contributed by atoms with Crippen LogP contribution in [0, 0.1) is 19.8 Å². The van der Waals surface area contributed by atoms with E-state index in [1.54, 1.807) is 23.9 Å². The predicted octanol–water partition coefficient (Wildman–Crippen LogP) is 1.87. The lowest BCUT2D eigenvalue weighted by molar-refractivity contribution is 0.0235. The van der Waals surface area contributed by atoms with Gasteiger partial charge in [0.2, 0.25) is 0 Å². The molecule has 0 aromatic carbocycles. The van der Waals surface area contributed by atoms with Crippen LogP contribution in [0.4, 0.5) is 0 Å². The number of furan rings is 1. The zero-order valence-corrected chi connectivity index (χ0v) is 13.0. The van der Waals surface area contributed by atoms with Crippen molar-refractivity contribution in [3.63, 3.8) is 0 Å². The van der Waals surface area contributed by atoms with Gasteiger partial charge in [-0.3, -0.25) is 9.48 Å². The van der Waals surface area contributed by atoms with Crippen molar-refractivity contribution in [1.29, 1.82) is 0 Å². The van der Waals surface area contributed by atoms with Crippen molar-refractivity contribution in [3.05, 3.63) is 41.1 Å². The van der Waals surface area contributed by atoms with E-state index in [9.17, 15) is 9.90 Å². The highest BCUT2D eigenvalue weighted by Crippen LogP contribution is 2.38. The summed E-state index contributed by atoms with van der Waals surface area (Å²) in [7, 11) is 1.85. The first-order valence-corrected chi connectivity index (χ1v) is 7.48. The van der Waals surface area contributed by atoms with Crippen molar-refractivity contribution in [2.24, 2.45) is 13.0 Å². The molecule has 2 aromatic heterocycles. The van der Waals surface area contributed by atoms with Gasteiger partial charge in [-0.25, -0.2) is 0 Å². The van der Waals surface area contributed by atoms with E-state index in [1.807, 2.05) is 20.2 Å². The number of aryl methyl sites for hydroxylation is 3. The molecule has 2 N–H and O–H groups in total. The number of carbonyl (C=O) groups excluding carboxylic acids is 1. The number of carbonyl (C=O) groups is 1. The monoisotopic (exact) mass is 303 g/mol. The first kappa shape index (κ1) is 14.8. The first-order valence-electron chi connectivity index (χ1n) is 7.48. The van der Waals surface area contributed by atoms with Crippen LogP contribution >= 0.6 is 0 Å². The largest absolute Gasteiger partial charge is 0.466 e. The molecule has 1 fully saturated rings. The molecule has 1 aliphatic rings. The van der Waals surface area contributed by atoms with Gasteiger partial charge in [0.1, 0.15) is 11.5 Å². The van der Waals surface area contributed by atoms with Crippen molar-refractivity contribution in [2.75, 3.05) is 0 Å². The molecule has 6 heteroatoms. The van der Waals surface area contributed by atoms with Crippen molar-refractivity contribution in [1.82, 2.24) is 15.1 Å². The van der Waals surface area contributed by atoms with Gasteiger partial charge >= 0.3 is 0 Å². The average Bonchev–Trinajstić information content (AvgIpc) is 2.98. The van der Waals surface area contributed by atoms with Gasteiger partial charge in [0, 0.05) is 18.8 Å². The van der Waals surface area contributed by atoms with Crippen molar-refractivity contribution in [3.8, 4) is 0 Å². The highest BCUT2D eigenvalue weighted by atomic mass is 16.3. The van der Waals surface area contributed by atoms with E-state index in [4.69, 9.17) is 4.42 Å². The van der Waals surface area contributed by atoms with Gasteiger partial charge in [0.25, 0.3) is 5.91 Å². The molecule has 0 radical (unpaired) electrons. The fourth-order valence-electron chi connectivity index (χ4n) is 3.05. The number of rotatable bonds is 4. The smallest absolute Gasteiger partial charge is 0.255 e. The summed E-state index contributed by atoms with van der Waals surface area (Å²) in [6.45, 7) is 3.61. The molecule has 3 rings (SSSR count). The lowest BCUT2D eigenvalue weighted by atomic mass is 9.75. The lowest BCUT2D eigenvalue weighted by Gasteiger charge is -2.37. The molecule has 1 aliphatic carbocycles. The zero-order valence-electron chi connectivity index (χ0n) is 13.0. The molecule has 22 heavy (non-hydrogen) atoms. The minimum absolute atomic E-state index is 0.140. The van der Waals surface area contributed by atoms with Crippen LogP contribution in [0.25, 0.3) is 0 Å². The number of amides is 1. The maximum absolute atomic E-state index is 12.5. The highest BCUT2D eigenvalue weighted by molar-refractivity contribution is 5.95. The molecular weight excluding hydrogens is 282 g/mol. The molecule has 1 saturated carbocycles. The maximum atomic E-state index is 12.5. The molecule has 0 aliphatic heterocycles. The average molecular weight is 303 g/mol. The van der Waals surface area contributed by atoms with Crippen LogP contribution in [0.1, 0.15) is 46.3 Å². The van der Waals surface area contributed by atoms with Crippen LogP contribution in [0.15, 0.2) is 22.9 Å². The van der Waals surface area contributed by atoms with Gasteiger partial charge in [-0.2, -0.15) is 5.10 Å². The van der Waals surface area contributed by atoms with Crippen LogP contribution in [0.2, 0.25) is 0 Å². The molecule has 0 saturated heterocycles. The molecular formula is C16H21N3O3. The Kier molecular flexibility index (Phi) is 3.78. The molecule has 1 amide bonds. The first-order chi connectivity index (χ1) is 10.4. The minimum Gasteiger partial charge on any atom is -0.466 e. The van der Waals surface area contributed by atoms with E-state index in [-0.39, 0.29) is 24.0 Å². The normalized spacial score (nSPS) is 22.2. The maximum Gasteiger partial charge on any atom is 0.255 e. The van der Waals surface area contributed by atoms with Crippen LogP contribution in [0.5, 0.6) is 0 Å². The number of aliphatic hydroxyl groups is 1. The highest BCUT2D eigenvalue weighted by Gasteiger charge is 2.36. The summed E-state index contributed by atoms with van der Waals surface area (Å²) in [6, 6.07) is 1.61. The van der Waals surface area contributed by atoms with Crippen LogP contribution in [0.3, 0.4) is 0 Å². The van der Waals surface area contributed by atoms with Gasteiger partial charge in [0.15, 0.2) is 0 Å². The van der Waals surface area contributed by atoms with Gasteiger partial charge < -0.3 is 14.8 Å². The minimum atomic E-state index is -0.265. The summed E-state index contributed by atoms with van der Waals surface area (Å²) in [5, 5.41) is 16.8. The fourth-order valence-corrected chi connectivity index (χ4v) is 3.05. The quantitative estimate of drug-likeness (QED) is 0.903. The summed E-state index contributed by atoms with van der Waals surface area (Å²) in [5.74, 6) is 1.43. The Morgan fingerprint density at radius 3 is 2.73 bits per heavy atom. The summed E-state index contributed by atoms with van der Waals surface area (Å²) >= 11 is 0. The zero-order chi connectivity index (χ0) is 15.9. The Hall–Kier alpha value is -2.08. The Labute approximate surface area is 129 Å². The van der Waals surface area contributed by atoms with E-state index in [0.717, 1.165) is 11.3 Å². The SMILES string of the molecule is Cc1cc(C(=O)NC(c2cnn(C)c2)C2CC(O)C2)c(C)o1. The summed E-state index contributed by atoms with van der Waals surface area (Å²) < 4.78 is 7.15. The van der Waals surface area contributed by atoms with Gasteiger partial charge in [-0.05, 0) is 38.7 Å².